The number of hydrogen-bond acceptors (Lipinski definition) is 5. The molecule has 0 aromatic carbocycles. The highest BCUT2D eigenvalue weighted by Gasteiger charge is 2.32. The van der Waals surface area contributed by atoms with Gasteiger partial charge in [-0.05, 0) is 17.9 Å². The highest BCUT2D eigenvalue weighted by Crippen LogP contribution is 2.22. The molecule has 0 aliphatic carbocycles. The predicted octanol–water partition coefficient (Wildman–Crippen LogP) is 0.251. The van der Waals surface area contributed by atoms with Crippen LogP contribution in [0.4, 0.5) is 0 Å². The topological polar surface area (TPSA) is 78.0 Å². The smallest absolute Gasteiger partial charge is 0.206 e. The van der Waals surface area contributed by atoms with Crippen LogP contribution in [0.15, 0.2) is 21.7 Å². The summed E-state index contributed by atoms with van der Waals surface area (Å²) in [4.78, 5) is 0. The molecule has 120 valence electrons. The molecule has 0 bridgehead atoms. The van der Waals surface area contributed by atoms with E-state index in [-0.39, 0.29) is 13.1 Å². The Morgan fingerprint density at radius 1 is 1.05 bits per heavy atom. The predicted molar refractivity (Wildman–Crippen MR) is 81.9 cm³/mol. The maximum absolute atomic E-state index is 12.4. The van der Waals surface area contributed by atoms with Crippen molar-refractivity contribution in [1.29, 1.82) is 0 Å². The van der Waals surface area contributed by atoms with Crippen LogP contribution in [0.1, 0.15) is 6.42 Å². The van der Waals surface area contributed by atoms with Crippen molar-refractivity contribution in [2.24, 2.45) is 0 Å². The van der Waals surface area contributed by atoms with Gasteiger partial charge in [0, 0.05) is 40.3 Å². The molecule has 1 aliphatic heterocycles. The fraction of sp³-hybridized carbons (Fsp3) is 0.636. The van der Waals surface area contributed by atoms with Gasteiger partial charge < -0.3 is 0 Å². The lowest BCUT2D eigenvalue weighted by Crippen LogP contribution is -2.42. The van der Waals surface area contributed by atoms with Crippen molar-refractivity contribution in [3.8, 4) is 0 Å². The first kappa shape index (κ1) is 16.8. The van der Waals surface area contributed by atoms with Gasteiger partial charge in [-0.1, -0.05) is 6.07 Å². The van der Waals surface area contributed by atoms with Gasteiger partial charge in [0.25, 0.3) is 20.2 Å². The monoisotopic (exact) mass is 353 g/mol. The Bertz CT molecular complexity index is 668. The van der Waals surface area contributed by atoms with Crippen LogP contribution in [0.2, 0.25) is 0 Å². The molecule has 1 aromatic rings. The van der Waals surface area contributed by atoms with E-state index in [4.69, 9.17) is 0 Å². The van der Waals surface area contributed by atoms with Crippen LogP contribution in [0.5, 0.6) is 0 Å². The van der Waals surface area contributed by atoms with Crippen molar-refractivity contribution in [3.63, 3.8) is 0 Å². The van der Waals surface area contributed by atoms with E-state index in [1.54, 1.807) is 17.5 Å². The first-order chi connectivity index (χ1) is 9.76. The minimum atomic E-state index is -3.51. The second-order valence-electron chi connectivity index (χ2n) is 4.88. The molecule has 0 radical (unpaired) electrons. The van der Waals surface area contributed by atoms with Crippen molar-refractivity contribution in [2.45, 2.75) is 10.6 Å². The number of nitrogens with zero attached hydrogens (tertiary/aromatic N) is 3. The van der Waals surface area contributed by atoms with Crippen LogP contribution in [0.3, 0.4) is 0 Å². The average molecular weight is 353 g/mol. The summed E-state index contributed by atoms with van der Waals surface area (Å²) in [5.41, 5.74) is 0. The van der Waals surface area contributed by atoms with Gasteiger partial charge >= 0.3 is 0 Å². The van der Waals surface area contributed by atoms with E-state index in [2.05, 4.69) is 0 Å². The molecule has 2 heterocycles. The summed E-state index contributed by atoms with van der Waals surface area (Å²) in [5.74, 6) is 0. The zero-order valence-corrected chi connectivity index (χ0v) is 14.4. The Morgan fingerprint density at radius 3 is 2.24 bits per heavy atom. The Labute approximate surface area is 130 Å². The highest BCUT2D eigenvalue weighted by molar-refractivity contribution is 7.91. The third kappa shape index (κ3) is 3.46. The van der Waals surface area contributed by atoms with E-state index in [0.29, 0.717) is 23.7 Å². The first-order valence-corrected chi connectivity index (χ1v) is 10.2. The van der Waals surface area contributed by atoms with Crippen molar-refractivity contribution < 1.29 is 16.8 Å². The van der Waals surface area contributed by atoms with E-state index in [1.165, 1.54) is 34.0 Å². The minimum Gasteiger partial charge on any atom is -0.206 e. The zero-order chi connectivity index (χ0) is 15.7. The van der Waals surface area contributed by atoms with Gasteiger partial charge in [-0.3, -0.25) is 0 Å². The van der Waals surface area contributed by atoms with Crippen LogP contribution in [0.25, 0.3) is 0 Å². The lowest BCUT2D eigenvalue weighted by Gasteiger charge is -2.24. The highest BCUT2D eigenvalue weighted by atomic mass is 32.2. The molecule has 0 spiro atoms. The molecule has 7 nitrogen and oxygen atoms in total. The van der Waals surface area contributed by atoms with Crippen LogP contribution in [0, 0.1) is 0 Å². The third-order valence-corrected chi connectivity index (χ3v) is 8.50. The Hall–Kier alpha value is -0.520. The summed E-state index contributed by atoms with van der Waals surface area (Å²) in [6.07, 6.45) is 0.484. The van der Waals surface area contributed by atoms with E-state index < -0.39 is 20.2 Å². The summed E-state index contributed by atoms with van der Waals surface area (Å²) in [6.45, 7) is 1.01. The quantitative estimate of drug-likeness (QED) is 0.777. The van der Waals surface area contributed by atoms with Gasteiger partial charge in [0.15, 0.2) is 0 Å². The van der Waals surface area contributed by atoms with E-state index in [9.17, 15) is 16.8 Å². The first-order valence-electron chi connectivity index (χ1n) is 6.47. The molecule has 0 unspecified atom stereocenters. The van der Waals surface area contributed by atoms with Gasteiger partial charge in [0.1, 0.15) is 4.21 Å². The number of thiophene rings is 1. The second-order valence-corrected chi connectivity index (χ2v) is 10.1. The largest absolute Gasteiger partial charge is 0.281 e. The van der Waals surface area contributed by atoms with Gasteiger partial charge in [-0.2, -0.15) is 21.3 Å². The molecule has 0 amide bonds. The summed E-state index contributed by atoms with van der Waals surface area (Å²) >= 11 is 1.17. The number of sulfonamides is 1. The molecule has 1 aliphatic rings. The van der Waals surface area contributed by atoms with Gasteiger partial charge in [0.2, 0.25) is 0 Å². The lowest BCUT2D eigenvalue weighted by molar-refractivity contribution is 0.378. The second kappa shape index (κ2) is 6.31. The maximum Gasteiger partial charge on any atom is 0.281 e. The normalized spacial score (nSPS) is 19.8. The number of hydrogen-bond donors (Lipinski definition) is 0. The molecule has 0 N–H and O–H groups in total. The Kier molecular flexibility index (Phi) is 5.06. The summed E-state index contributed by atoms with van der Waals surface area (Å²) in [5, 5.41) is 1.72. The average Bonchev–Trinajstić information content (AvgIpc) is 2.82. The van der Waals surface area contributed by atoms with Crippen LogP contribution in [-0.4, -0.2) is 70.0 Å². The standard InChI is InChI=1S/C11H19N3O4S3/c1-12(2)21(17,18)14-7-4-6-13(8-9-14)20(15,16)11-5-3-10-19-11/h3,5,10H,4,6-9H2,1-2H3. The molecule has 1 fully saturated rings. The summed E-state index contributed by atoms with van der Waals surface area (Å²) < 4.78 is 53.3. The van der Waals surface area contributed by atoms with E-state index in [1.807, 2.05) is 0 Å². The SMILES string of the molecule is CN(C)S(=O)(=O)N1CCCN(S(=O)(=O)c2cccs2)CC1. The summed E-state index contributed by atoms with van der Waals surface area (Å²) in [7, 11) is -4.07. The third-order valence-electron chi connectivity index (χ3n) is 3.29. The van der Waals surface area contributed by atoms with Gasteiger partial charge in [0.05, 0.1) is 0 Å². The molecule has 2 rings (SSSR count). The Balaban J connectivity index is 2.15. The molecule has 21 heavy (non-hydrogen) atoms. The molecule has 10 heteroatoms. The Morgan fingerprint density at radius 2 is 1.67 bits per heavy atom. The molecule has 0 atom stereocenters. The molecule has 0 saturated carbocycles. The molecule has 1 aromatic heterocycles. The minimum absolute atomic E-state index is 0.172. The van der Waals surface area contributed by atoms with Crippen LogP contribution in [-0.2, 0) is 20.2 Å². The van der Waals surface area contributed by atoms with Gasteiger partial charge in [-0.15, -0.1) is 11.3 Å². The fourth-order valence-electron chi connectivity index (χ4n) is 2.11. The lowest BCUT2D eigenvalue weighted by atomic mass is 10.4. The van der Waals surface area contributed by atoms with Crippen molar-refractivity contribution in [3.05, 3.63) is 17.5 Å². The van der Waals surface area contributed by atoms with Crippen LogP contribution >= 0.6 is 11.3 Å². The van der Waals surface area contributed by atoms with Crippen molar-refractivity contribution >= 4 is 31.6 Å². The maximum atomic E-state index is 12.4. The number of rotatable bonds is 4. The fourth-order valence-corrected chi connectivity index (χ4v) is 5.86. The molecular formula is C11H19N3O4S3. The van der Waals surface area contributed by atoms with Gasteiger partial charge in [-0.25, -0.2) is 8.42 Å². The van der Waals surface area contributed by atoms with E-state index in [0.717, 1.165) is 4.31 Å². The van der Waals surface area contributed by atoms with Crippen molar-refractivity contribution in [1.82, 2.24) is 12.9 Å². The van der Waals surface area contributed by atoms with E-state index >= 15 is 0 Å². The summed E-state index contributed by atoms with van der Waals surface area (Å²) in [6, 6.07) is 3.26. The van der Waals surface area contributed by atoms with Crippen molar-refractivity contribution in [2.75, 3.05) is 40.3 Å². The molecular weight excluding hydrogens is 334 g/mol. The molecule has 1 saturated heterocycles. The zero-order valence-electron chi connectivity index (χ0n) is 12.0. The van der Waals surface area contributed by atoms with Crippen LogP contribution < -0.4 is 0 Å².